The molecule has 102 valence electrons. The highest BCUT2D eigenvalue weighted by molar-refractivity contribution is 6.42. The molecule has 0 aromatic heterocycles. The Morgan fingerprint density at radius 3 is 2.50 bits per heavy atom. The van der Waals surface area contributed by atoms with Crippen LogP contribution in [0.3, 0.4) is 0 Å². The molecule has 1 unspecified atom stereocenters. The van der Waals surface area contributed by atoms with Crippen LogP contribution in [0.1, 0.15) is 39.5 Å². The number of halogens is 2. The Labute approximate surface area is 120 Å². The van der Waals surface area contributed by atoms with Crippen molar-refractivity contribution in [2.24, 2.45) is 5.92 Å². The Balaban J connectivity index is 2.59. The number of unbranched alkanes of at least 4 members (excludes halogenated alkanes) is 1. The molecule has 18 heavy (non-hydrogen) atoms. The number of rotatable bonds is 7. The lowest BCUT2D eigenvalue weighted by Crippen LogP contribution is -2.14. The summed E-state index contributed by atoms with van der Waals surface area (Å²) in [4.78, 5) is 0. The van der Waals surface area contributed by atoms with E-state index in [-0.39, 0.29) is 0 Å². The second kappa shape index (κ2) is 7.75. The smallest absolute Gasteiger partial charge is 0.0614 e. The standard InChI is InChI=1S/C14H22Cl2N2/c1-3-5-6-10(4-2)9-18-14-8-12(16)11(15)7-13(14)17/h7-8,10,18H,3-6,9,17H2,1-2H3. The van der Waals surface area contributed by atoms with E-state index in [4.69, 9.17) is 28.9 Å². The van der Waals surface area contributed by atoms with Crippen LogP contribution < -0.4 is 11.1 Å². The number of nitrogen functional groups attached to an aromatic ring is 1. The third kappa shape index (κ3) is 4.58. The van der Waals surface area contributed by atoms with E-state index in [1.54, 1.807) is 12.1 Å². The number of nitrogens with two attached hydrogens (primary N) is 1. The maximum Gasteiger partial charge on any atom is 0.0614 e. The first-order valence-corrected chi connectivity index (χ1v) is 7.32. The topological polar surface area (TPSA) is 38.0 Å². The first kappa shape index (κ1) is 15.5. The summed E-state index contributed by atoms with van der Waals surface area (Å²) in [5.74, 6) is 0.679. The van der Waals surface area contributed by atoms with Gasteiger partial charge in [-0.25, -0.2) is 0 Å². The van der Waals surface area contributed by atoms with Crippen LogP contribution in [0.4, 0.5) is 11.4 Å². The minimum atomic E-state index is 0.498. The molecule has 0 radical (unpaired) electrons. The molecular formula is C14H22Cl2N2. The zero-order valence-electron chi connectivity index (χ0n) is 11.1. The predicted octanol–water partition coefficient (Wildman–Crippen LogP) is 5.20. The molecule has 0 aliphatic heterocycles. The summed E-state index contributed by atoms with van der Waals surface area (Å²) in [6.07, 6.45) is 4.94. The molecule has 1 aromatic carbocycles. The van der Waals surface area contributed by atoms with E-state index in [9.17, 15) is 0 Å². The molecule has 3 N–H and O–H groups in total. The molecular weight excluding hydrogens is 267 g/mol. The lowest BCUT2D eigenvalue weighted by atomic mass is 9.99. The van der Waals surface area contributed by atoms with E-state index in [1.807, 2.05) is 0 Å². The van der Waals surface area contributed by atoms with Crippen molar-refractivity contribution >= 4 is 34.6 Å². The molecule has 0 saturated heterocycles. The van der Waals surface area contributed by atoms with Gasteiger partial charge in [-0.05, 0) is 24.5 Å². The molecule has 1 rings (SSSR count). The van der Waals surface area contributed by atoms with Crippen molar-refractivity contribution in [2.75, 3.05) is 17.6 Å². The third-order valence-corrected chi connectivity index (χ3v) is 3.94. The van der Waals surface area contributed by atoms with Gasteiger partial charge in [0.1, 0.15) is 0 Å². The number of hydrogen-bond donors (Lipinski definition) is 2. The second-order valence-electron chi connectivity index (χ2n) is 4.65. The Bertz CT molecular complexity index is 380. The van der Waals surface area contributed by atoms with Crippen molar-refractivity contribution in [2.45, 2.75) is 39.5 Å². The highest BCUT2D eigenvalue weighted by Crippen LogP contribution is 2.31. The summed E-state index contributed by atoms with van der Waals surface area (Å²) in [5.41, 5.74) is 7.43. The first-order chi connectivity index (χ1) is 8.58. The van der Waals surface area contributed by atoms with Crippen molar-refractivity contribution in [1.29, 1.82) is 0 Å². The maximum atomic E-state index is 5.99. The van der Waals surface area contributed by atoms with E-state index < -0.39 is 0 Å². The van der Waals surface area contributed by atoms with Crippen LogP contribution in [-0.4, -0.2) is 6.54 Å². The van der Waals surface area contributed by atoms with E-state index in [0.717, 1.165) is 12.2 Å². The van der Waals surface area contributed by atoms with Crippen LogP contribution in [0.15, 0.2) is 12.1 Å². The van der Waals surface area contributed by atoms with Gasteiger partial charge in [-0.3, -0.25) is 0 Å². The van der Waals surface area contributed by atoms with Crippen molar-refractivity contribution in [3.05, 3.63) is 22.2 Å². The average Bonchev–Trinajstić information content (AvgIpc) is 2.35. The molecule has 1 aromatic rings. The maximum absolute atomic E-state index is 5.99. The predicted molar refractivity (Wildman–Crippen MR) is 82.7 cm³/mol. The lowest BCUT2D eigenvalue weighted by Gasteiger charge is -2.17. The summed E-state index contributed by atoms with van der Waals surface area (Å²) in [5, 5.41) is 4.41. The van der Waals surface area contributed by atoms with Gasteiger partial charge in [-0.15, -0.1) is 0 Å². The molecule has 0 fully saturated rings. The summed E-state index contributed by atoms with van der Waals surface area (Å²) in [6.45, 7) is 5.37. The van der Waals surface area contributed by atoms with Crippen molar-refractivity contribution in [1.82, 2.24) is 0 Å². The van der Waals surface area contributed by atoms with E-state index in [1.165, 1.54) is 25.7 Å². The van der Waals surface area contributed by atoms with Gasteiger partial charge in [0, 0.05) is 6.54 Å². The van der Waals surface area contributed by atoms with Gasteiger partial charge in [0.15, 0.2) is 0 Å². The molecule has 0 aliphatic carbocycles. The van der Waals surface area contributed by atoms with Crippen LogP contribution >= 0.6 is 23.2 Å². The second-order valence-corrected chi connectivity index (χ2v) is 5.47. The van der Waals surface area contributed by atoms with Crippen LogP contribution in [0.5, 0.6) is 0 Å². The molecule has 0 bridgehead atoms. The van der Waals surface area contributed by atoms with E-state index in [2.05, 4.69) is 19.2 Å². The number of anilines is 2. The largest absolute Gasteiger partial charge is 0.397 e. The average molecular weight is 289 g/mol. The van der Waals surface area contributed by atoms with Crippen LogP contribution in [0, 0.1) is 5.92 Å². The summed E-state index contributed by atoms with van der Waals surface area (Å²) in [7, 11) is 0. The quantitative estimate of drug-likeness (QED) is 0.677. The highest BCUT2D eigenvalue weighted by atomic mass is 35.5. The Kier molecular flexibility index (Phi) is 6.66. The molecule has 1 atom stereocenters. The summed E-state index contributed by atoms with van der Waals surface area (Å²) < 4.78 is 0. The molecule has 0 heterocycles. The fourth-order valence-corrected chi connectivity index (χ4v) is 2.25. The number of hydrogen-bond acceptors (Lipinski definition) is 2. The minimum absolute atomic E-state index is 0.498. The van der Waals surface area contributed by atoms with Crippen LogP contribution in [0.2, 0.25) is 10.0 Å². The molecule has 2 nitrogen and oxygen atoms in total. The van der Waals surface area contributed by atoms with Crippen molar-refractivity contribution < 1.29 is 0 Å². The zero-order valence-corrected chi connectivity index (χ0v) is 12.6. The van der Waals surface area contributed by atoms with Gasteiger partial charge in [0.25, 0.3) is 0 Å². The SMILES string of the molecule is CCCCC(CC)CNc1cc(Cl)c(Cl)cc1N. The van der Waals surface area contributed by atoms with Gasteiger partial charge in [0.05, 0.1) is 21.4 Å². The molecule has 0 saturated carbocycles. The van der Waals surface area contributed by atoms with Gasteiger partial charge in [-0.2, -0.15) is 0 Å². The van der Waals surface area contributed by atoms with Gasteiger partial charge >= 0.3 is 0 Å². The van der Waals surface area contributed by atoms with Gasteiger partial charge < -0.3 is 11.1 Å². The first-order valence-electron chi connectivity index (χ1n) is 6.56. The fourth-order valence-electron chi connectivity index (χ4n) is 1.91. The zero-order chi connectivity index (χ0) is 13.5. The number of nitrogens with one attached hydrogen (secondary N) is 1. The van der Waals surface area contributed by atoms with E-state index in [0.29, 0.717) is 21.7 Å². The van der Waals surface area contributed by atoms with Gasteiger partial charge in [-0.1, -0.05) is 56.3 Å². The van der Waals surface area contributed by atoms with Gasteiger partial charge in [0.2, 0.25) is 0 Å². The summed E-state index contributed by atoms with van der Waals surface area (Å²) in [6, 6.07) is 3.49. The van der Waals surface area contributed by atoms with E-state index >= 15 is 0 Å². The van der Waals surface area contributed by atoms with Crippen LogP contribution in [-0.2, 0) is 0 Å². The Hall–Kier alpha value is -0.600. The fraction of sp³-hybridized carbons (Fsp3) is 0.571. The Morgan fingerprint density at radius 2 is 1.89 bits per heavy atom. The van der Waals surface area contributed by atoms with Crippen LogP contribution in [0.25, 0.3) is 0 Å². The lowest BCUT2D eigenvalue weighted by molar-refractivity contribution is 0.473. The molecule has 0 spiro atoms. The Morgan fingerprint density at radius 1 is 1.22 bits per heavy atom. The van der Waals surface area contributed by atoms with Crippen molar-refractivity contribution in [3.63, 3.8) is 0 Å². The third-order valence-electron chi connectivity index (χ3n) is 3.22. The number of benzene rings is 1. The minimum Gasteiger partial charge on any atom is -0.397 e. The summed E-state index contributed by atoms with van der Waals surface area (Å²) >= 11 is 11.9. The molecule has 0 aliphatic rings. The monoisotopic (exact) mass is 288 g/mol. The molecule has 4 heteroatoms. The highest BCUT2D eigenvalue weighted by Gasteiger charge is 2.08. The van der Waals surface area contributed by atoms with Crippen molar-refractivity contribution in [3.8, 4) is 0 Å². The molecule has 0 amide bonds. The normalized spacial score (nSPS) is 12.4.